The fraction of sp³-hybridized carbons (Fsp3) is 0.778. The number of likely N-dealkylation sites (N-methyl/N-ethyl adjacent to an activating group) is 1. The molecule has 0 aromatic heterocycles. The van der Waals surface area contributed by atoms with Crippen molar-refractivity contribution in [1.29, 1.82) is 0 Å². The van der Waals surface area contributed by atoms with Gasteiger partial charge in [0, 0.05) is 13.0 Å². The van der Waals surface area contributed by atoms with E-state index in [1.54, 1.807) is 25.9 Å². The lowest BCUT2D eigenvalue weighted by Gasteiger charge is -2.12. The molecule has 1 amide bonds. The van der Waals surface area contributed by atoms with E-state index in [9.17, 15) is 9.59 Å². The van der Waals surface area contributed by atoms with Gasteiger partial charge < -0.3 is 15.3 Å². The molecule has 0 saturated heterocycles. The van der Waals surface area contributed by atoms with Gasteiger partial charge in [0.05, 0.1) is 6.54 Å². The second-order valence-electron chi connectivity index (χ2n) is 3.74. The Labute approximate surface area is 84.1 Å². The predicted octanol–water partition coefficient (Wildman–Crippen LogP) is -0.225. The molecule has 0 heterocycles. The Morgan fingerprint density at radius 2 is 2.00 bits per heavy atom. The summed E-state index contributed by atoms with van der Waals surface area (Å²) in [7, 11) is 3.61. The van der Waals surface area contributed by atoms with E-state index in [2.05, 4.69) is 5.32 Å². The number of amides is 1. The lowest BCUT2D eigenvalue weighted by Crippen LogP contribution is -2.36. The third-order valence-corrected chi connectivity index (χ3v) is 1.63. The summed E-state index contributed by atoms with van der Waals surface area (Å²) in [6, 6.07) is 0. The van der Waals surface area contributed by atoms with Crippen LogP contribution in [0.25, 0.3) is 0 Å². The van der Waals surface area contributed by atoms with Crippen molar-refractivity contribution >= 4 is 11.9 Å². The largest absolute Gasteiger partial charge is 0.481 e. The Morgan fingerprint density at radius 1 is 1.43 bits per heavy atom. The highest BCUT2D eigenvalue weighted by atomic mass is 16.4. The maximum Gasteiger partial charge on any atom is 0.303 e. The topological polar surface area (TPSA) is 69.6 Å². The summed E-state index contributed by atoms with van der Waals surface area (Å²) in [5.41, 5.74) is 0. The monoisotopic (exact) mass is 202 g/mol. The molecule has 1 atom stereocenters. The van der Waals surface area contributed by atoms with Crippen molar-refractivity contribution in [1.82, 2.24) is 10.2 Å². The molecule has 0 aromatic rings. The molecule has 0 aliphatic rings. The summed E-state index contributed by atoms with van der Waals surface area (Å²) in [4.78, 5) is 23.2. The molecule has 0 aliphatic heterocycles. The Kier molecular flexibility index (Phi) is 5.87. The lowest BCUT2D eigenvalue weighted by molar-refractivity contribution is -0.138. The molecule has 0 radical (unpaired) electrons. The molecule has 5 nitrogen and oxygen atoms in total. The summed E-state index contributed by atoms with van der Waals surface area (Å²) >= 11 is 0. The number of hydrogen-bond acceptors (Lipinski definition) is 3. The molecule has 1 unspecified atom stereocenters. The van der Waals surface area contributed by atoms with Gasteiger partial charge in [0.1, 0.15) is 0 Å². The van der Waals surface area contributed by atoms with Crippen LogP contribution in [0.4, 0.5) is 0 Å². The smallest absolute Gasteiger partial charge is 0.303 e. The Balaban J connectivity index is 3.61. The second kappa shape index (κ2) is 6.37. The van der Waals surface area contributed by atoms with Crippen LogP contribution < -0.4 is 5.32 Å². The maximum absolute atomic E-state index is 11.1. The molecule has 0 saturated carbocycles. The summed E-state index contributed by atoms with van der Waals surface area (Å²) in [6.07, 6.45) is 0.0856. The highest BCUT2D eigenvalue weighted by Gasteiger charge is 2.09. The molecule has 0 bridgehead atoms. The van der Waals surface area contributed by atoms with E-state index in [0.29, 0.717) is 13.1 Å². The van der Waals surface area contributed by atoms with Crippen molar-refractivity contribution < 1.29 is 14.7 Å². The zero-order chi connectivity index (χ0) is 11.1. The van der Waals surface area contributed by atoms with E-state index in [4.69, 9.17) is 5.11 Å². The number of rotatable bonds is 6. The summed E-state index contributed by atoms with van der Waals surface area (Å²) in [5.74, 6) is -0.940. The minimum Gasteiger partial charge on any atom is -0.481 e. The van der Waals surface area contributed by atoms with E-state index < -0.39 is 5.97 Å². The van der Waals surface area contributed by atoms with E-state index in [1.165, 1.54) is 0 Å². The van der Waals surface area contributed by atoms with Crippen LogP contribution in [0.5, 0.6) is 0 Å². The molecule has 5 heteroatoms. The first-order valence-corrected chi connectivity index (χ1v) is 4.55. The highest BCUT2D eigenvalue weighted by Crippen LogP contribution is 1.98. The fourth-order valence-electron chi connectivity index (χ4n) is 1.00. The molecular weight excluding hydrogens is 184 g/mol. The van der Waals surface area contributed by atoms with Gasteiger partial charge in [-0.25, -0.2) is 0 Å². The van der Waals surface area contributed by atoms with Crippen LogP contribution in [-0.2, 0) is 9.59 Å². The summed E-state index contributed by atoms with van der Waals surface area (Å²) < 4.78 is 0. The standard InChI is InChI=1S/C9H18N2O3/c1-7(4-9(13)14)5-10-8(12)6-11(2)3/h7H,4-6H2,1-3H3,(H,10,12)(H,13,14). The number of carbonyl (C=O) groups is 2. The molecule has 0 spiro atoms. The van der Waals surface area contributed by atoms with Crippen LogP contribution in [0.15, 0.2) is 0 Å². The van der Waals surface area contributed by atoms with Crippen molar-refractivity contribution in [3.63, 3.8) is 0 Å². The summed E-state index contributed by atoms with van der Waals surface area (Å²) in [5, 5.41) is 11.1. The SMILES string of the molecule is CC(CNC(=O)CN(C)C)CC(=O)O. The van der Waals surface area contributed by atoms with Gasteiger partial charge in [-0.2, -0.15) is 0 Å². The van der Waals surface area contributed by atoms with Crippen molar-refractivity contribution in [2.24, 2.45) is 5.92 Å². The number of carboxylic acid groups (broad SMARTS) is 1. The number of nitrogens with zero attached hydrogens (tertiary/aromatic N) is 1. The Morgan fingerprint density at radius 3 is 2.43 bits per heavy atom. The average molecular weight is 202 g/mol. The van der Waals surface area contributed by atoms with Crippen molar-refractivity contribution in [2.75, 3.05) is 27.2 Å². The summed E-state index contributed by atoms with van der Waals surface area (Å²) in [6.45, 7) is 2.54. The van der Waals surface area contributed by atoms with Crippen molar-refractivity contribution in [3.8, 4) is 0 Å². The molecule has 0 fully saturated rings. The van der Waals surface area contributed by atoms with Crippen LogP contribution in [0, 0.1) is 5.92 Å². The fourth-order valence-corrected chi connectivity index (χ4v) is 1.00. The highest BCUT2D eigenvalue weighted by molar-refractivity contribution is 5.78. The van der Waals surface area contributed by atoms with E-state index in [0.717, 1.165) is 0 Å². The number of carbonyl (C=O) groups excluding carboxylic acids is 1. The number of carboxylic acids is 1. The van der Waals surface area contributed by atoms with Gasteiger partial charge in [-0.3, -0.25) is 9.59 Å². The maximum atomic E-state index is 11.1. The first kappa shape index (κ1) is 12.9. The van der Waals surface area contributed by atoms with Crippen LogP contribution in [0.1, 0.15) is 13.3 Å². The van der Waals surface area contributed by atoms with E-state index in [1.807, 2.05) is 0 Å². The Bertz CT molecular complexity index is 204. The van der Waals surface area contributed by atoms with Gasteiger partial charge in [-0.15, -0.1) is 0 Å². The number of hydrogen-bond donors (Lipinski definition) is 2. The zero-order valence-electron chi connectivity index (χ0n) is 8.91. The van der Waals surface area contributed by atoms with Crippen LogP contribution >= 0.6 is 0 Å². The normalized spacial score (nSPS) is 12.6. The quantitative estimate of drug-likeness (QED) is 0.624. The predicted molar refractivity (Wildman–Crippen MR) is 53.0 cm³/mol. The zero-order valence-corrected chi connectivity index (χ0v) is 8.91. The van der Waals surface area contributed by atoms with Gasteiger partial charge in [-0.1, -0.05) is 6.92 Å². The molecule has 0 aromatic carbocycles. The molecule has 82 valence electrons. The number of aliphatic carboxylic acids is 1. The first-order valence-electron chi connectivity index (χ1n) is 4.55. The molecule has 0 rings (SSSR count). The molecule has 2 N–H and O–H groups in total. The van der Waals surface area contributed by atoms with Gasteiger partial charge in [0.2, 0.25) is 5.91 Å². The first-order chi connectivity index (χ1) is 6.41. The molecule has 0 aliphatic carbocycles. The van der Waals surface area contributed by atoms with Gasteiger partial charge >= 0.3 is 5.97 Å². The molecular formula is C9H18N2O3. The third kappa shape index (κ3) is 7.54. The van der Waals surface area contributed by atoms with Gasteiger partial charge in [-0.05, 0) is 20.0 Å². The number of nitrogens with one attached hydrogen (secondary N) is 1. The van der Waals surface area contributed by atoms with Crippen LogP contribution in [-0.4, -0.2) is 49.1 Å². The average Bonchev–Trinajstić information content (AvgIpc) is 1.98. The van der Waals surface area contributed by atoms with Crippen molar-refractivity contribution in [2.45, 2.75) is 13.3 Å². The van der Waals surface area contributed by atoms with Crippen LogP contribution in [0.2, 0.25) is 0 Å². The van der Waals surface area contributed by atoms with Gasteiger partial charge in [0.15, 0.2) is 0 Å². The second-order valence-corrected chi connectivity index (χ2v) is 3.74. The third-order valence-electron chi connectivity index (χ3n) is 1.63. The minimum absolute atomic E-state index is 0.0291. The van der Waals surface area contributed by atoms with Crippen molar-refractivity contribution in [3.05, 3.63) is 0 Å². The van der Waals surface area contributed by atoms with Crippen LogP contribution in [0.3, 0.4) is 0 Å². The minimum atomic E-state index is -0.834. The Hall–Kier alpha value is -1.10. The lowest BCUT2D eigenvalue weighted by atomic mass is 10.1. The van der Waals surface area contributed by atoms with E-state index in [-0.39, 0.29) is 18.2 Å². The van der Waals surface area contributed by atoms with E-state index >= 15 is 0 Å². The molecule has 14 heavy (non-hydrogen) atoms. The van der Waals surface area contributed by atoms with Gasteiger partial charge in [0.25, 0.3) is 0 Å².